The summed E-state index contributed by atoms with van der Waals surface area (Å²) in [6.45, 7) is 10.9. The number of hydrogen-bond acceptors (Lipinski definition) is 3. The number of hydrogen-bond donors (Lipinski definition) is 0. The first-order chi connectivity index (χ1) is 10.8. The van der Waals surface area contributed by atoms with Crippen LogP contribution in [0, 0.1) is 17.3 Å². The number of fused-ring (bicyclic) bond motifs is 6. The SMILES string of the molecule is C=C1C(=O)O[C@H]2/C=C(\C)CC[C@H]3[C@](C)(CC[C@@H]12)[C@@H]1CC[C@@]3(C)O1. The molecule has 4 rings (SSSR count). The first-order valence-corrected chi connectivity index (χ1v) is 9.08. The maximum absolute atomic E-state index is 12.0. The van der Waals surface area contributed by atoms with E-state index in [4.69, 9.17) is 9.47 Å². The molecule has 2 bridgehead atoms. The summed E-state index contributed by atoms with van der Waals surface area (Å²) in [6.07, 6.45) is 9.14. The van der Waals surface area contributed by atoms with Crippen molar-refractivity contribution in [1.82, 2.24) is 0 Å². The molecule has 4 aliphatic rings. The molecule has 3 nitrogen and oxygen atoms in total. The topological polar surface area (TPSA) is 35.5 Å². The van der Waals surface area contributed by atoms with E-state index in [-0.39, 0.29) is 29.0 Å². The van der Waals surface area contributed by atoms with Crippen LogP contribution in [0.25, 0.3) is 0 Å². The van der Waals surface area contributed by atoms with Crippen molar-refractivity contribution in [2.24, 2.45) is 17.3 Å². The van der Waals surface area contributed by atoms with Gasteiger partial charge in [-0.1, -0.05) is 19.1 Å². The molecule has 0 spiro atoms. The Morgan fingerprint density at radius 1 is 1.22 bits per heavy atom. The Labute approximate surface area is 139 Å². The number of carbonyl (C=O) groups excluding carboxylic acids is 1. The molecule has 0 aromatic heterocycles. The number of carbonyl (C=O) groups is 1. The molecule has 3 heterocycles. The summed E-state index contributed by atoms with van der Waals surface area (Å²) in [5.41, 5.74) is 2.27. The minimum atomic E-state index is -0.207. The fourth-order valence-electron chi connectivity index (χ4n) is 5.80. The summed E-state index contributed by atoms with van der Waals surface area (Å²) in [6, 6.07) is 0. The Morgan fingerprint density at radius 3 is 2.78 bits per heavy atom. The second kappa shape index (κ2) is 4.95. The molecule has 0 amide bonds. The molecule has 0 N–H and O–H groups in total. The molecular formula is C20H28O3. The highest BCUT2D eigenvalue weighted by Crippen LogP contribution is 2.62. The van der Waals surface area contributed by atoms with E-state index < -0.39 is 0 Å². The van der Waals surface area contributed by atoms with Gasteiger partial charge in [0.05, 0.1) is 11.7 Å². The highest BCUT2D eigenvalue weighted by Gasteiger charge is 2.62. The van der Waals surface area contributed by atoms with Crippen molar-refractivity contribution in [2.75, 3.05) is 0 Å². The van der Waals surface area contributed by atoms with Gasteiger partial charge in [0.15, 0.2) is 0 Å². The van der Waals surface area contributed by atoms with Gasteiger partial charge >= 0.3 is 5.97 Å². The van der Waals surface area contributed by atoms with Crippen LogP contribution in [0.15, 0.2) is 23.8 Å². The first kappa shape index (κ1) is 15.4. The molecule has 3 heteroatoms. The molecule has 0 radical (unpaired) electrons. The molecule has 0 unspecified atom stereocenters. The number of rotatable bonds is 0. The molecule has 3 aliphatic heterocycles. The van der Waals surface area contributed by atoms with Gasteiger partial charge < -0.3 is 9.47 Å². The molecule has 3 fully saturated rings. The van der Waals surface area contributed by atoms with E-state index in [1.165, 1.54) is 24.8 Å². The minimum Gasteiger partial charge on any atom is -0.454 e. The fourth-order valence-corrected chi connectivity index (χ4v) is 5.80. The molecule has 0 aromatic carbocycles. The molecule has 23 heavy (non-hydrogen) atoms. The van der Waals surface area contributed by atoms with Crippen LogP contribution in [0.4, 0.5) is 0 Å². The van der Waals surface area contributed by atoms with Crippen LogP contribution in [0.2, 0.25) is 0 Å². The Hall–Kier alpha value is -1.09. The van der Waals surface area contributed by atoms with E-state index in [0.29, 0.717) is 17.6 Å². The van der Waals surface area contributed by atoms with Crippen molar-refractivity contribution in [1.29, 1.82) is 0 Å². The third kappa shape index (κ3) is 2.15. The molecule has 0 saturated carbocycles. The van der Waals surface area contributed by atoms with Crippen molar-refractivity contribution >= 4 is 5.97 Å². The second-order valence-corrected chi connectivity index (χ2v) is 8.61. The zero-order chi connectivity index (χ0) is 16.4. The highest BCUT2D eigenvalue weighted by atomic mass is 16.6. The lowest BCUT2D eigenvalue weighted by molar-refractivity contribution is -0.137. The van der Waals surface area contributed by atoms with Crippen LogP contribution in [0.1, 0.15) is 59.3 Å². The van der Waals surface area contributed by atoms with Crippen LogP contribution in [0.3, 0.4) is 0 Å². The summed E-state index contributed by atoms with van der Waals surface area (Å²) < 4.78 is 12.0. The normalized spacial score (nSPS) is 51.7. The smallest absolute Gasteiger partial charge is 0.334 e. The standard InChI is InChI=1S/C20H28O3/c1-12-5-6-16-19(3,17-8-10-20(16,4)23-17)9-7-14-13(2)18(21)22-15(14)11-12/h11,14-17H,2,5-10H2,1,3-4H3/b12-11+/t14-,15-,16-,17-,19-,20+/m0/s1. The number of allylic oxidation sites excluding steroid dienone is 1. The van der Waals surface area contributed by atoms with Crippen molar-refractivity contribution < 1.29 is 14.3 Å². The lowest BCUT2D eigenvalue weighted by atomic mass is 9.59. The predicted molar refractivity (Wildman–Crippen MR) is 88.8 cm³/mol. The molecule has 126 valence electrons. The number of ether oxygens (including phenoxy) is 2. The van der Waals surface area contributed by atoms with Crippen molar-refractivity contribution in [2.45, 2.75) is 77.1 Å². The summed E-state index contributed by atoms with van der Waals surface area (Å²) in [5, 5.41) is 0. The average Bonchev–Trinajstić information content (AvgIpc) is 3.06. The van der Waals surface area contributed by atoms with Crippen molar-refractivity contribution in [3.8, 4) is 0 Å². The summed E-state index contributed by atoms with van der Waals surface area (Å²) in [4.78, 5) is 12.0. The van der Waals surface area contributed by atoms with Crippen LogP contribution >= 0.6 is 0 Å². The van der Waals surface area contributed by atoms with Crippen molar-refractivity contribution in [3.05, 3.63) is 23.8 Å². The Kier molecular flexibility index (Phi) is 3.32. The Morgan fingerprint density at radius 2 is 2.00 bits per heavy atom. The number of esters is 1. The molecular weight excluding hydrogens is 288 g/mol. The molecule has 3 saturated heterocycles. The van der Waals surface area contributed by atoms with Gasteiger partial charge in [-0.25, -0.2) is 4.79 Å². The molecule has 0 aromatic rings. The van der Waals surface area contributed by atoms with E-state index >= 15 is 0 Å². The largest absolute Gasteiger partial charge is 0.454 e. The maximum Gasteiger partial charge on any atom is 0.334 e. The van der Waals surface area contributed by atoms with Crippen LogP contribution in [-0.4, -0.2) is 23.8 Å². The lowest BCUT2D eigenvalue weighted by Gasteiger charge is -2.43. The van der Waals surface area contributed by atoms with Crippen LogP contribution < -0.4 is 0 Å². The van der Waals surface area contributed by atoms with Gasteiger partial charge in [-0.3, -0.25) is 0 Å². The average molecular weight is 316 g/mol. The fraction of sp³-hybridized carbons (Fsp3) is 0.750. The second-order valence-electron chi connectivity index (χ2n) is 8.61. The van der Waals surface area contributed by atoms with Gasteiger partial charge in [-0.2, -0.15) is 0 Å². The zero-order valence-corrected chi connectivity index (χ0v) is 14.6. The monoisotopic (exact) mass is 316 g/mol. The molecule has 1 aliphatic carbocycles. The first-order valence-electron chi connectivity index (χ1n) is 9.08. The van der Waals surface area contributed by atoms with Gasteiger partial charge in [0.1, 0.15) is 6.10 Å². The van der Waals surface area contributed by atoms with Gasteiger partial charge in [0.2, 0.25) is 0 Å². The lowest BCUT2D eigenvalue weighted by Crippen LogP contribution is -2.43. The van der Waals surface area contributed by atoms with Gasteiger partial charge in [0.25, 0.3) is 0 Å². The van der Waals surface area contributed by atoms with E-state index in [1.807, 2.05) is 0 Å². The Balaban J connectivity index is 1.68. The molecule has 6 atom stereocenters. The summed E-state index contributed by atoms with van der Waals surface area (Å²) >= 11 is 0. The van der Waals surface area contributed by atoms with Gasteiger partial charge in [-0.15, -0.1) is 0 Å². The minimum absolute atomic E-state index is 0.0529. The third-order valence-electron chi connectivity index (χ3n) is 7.20. The van der Waals surface area contributed by atoms with Crippen LogP contribution in [0.5, 0.6) is 0 Å². The van der Waals surface area contributed by atoms with Gasteiger partial charge in [0, 0.05) is 11.5 Å². The Bertz CT molecular complexity index is 592. The van der Waals surface area contributed by atoms with Crippen LogP contribution in [-0.2, 0) is 14.3 Å². The van der Waals surface area contributed by atoms with E-state index in [2.05, 4.69) is 33.4 Å². The van der Waals surface area contributed by atoms with E-state index in [9.17, 15) is 4.79 Å². The van der Waals surface area contributed by atoms with Crippen molar-refractivity contribution in [3.63, 3.8) is 0 Å². The third-order valence-corrected chi connectivity index (χ3v) is 7.20. The van der Waals surface area contributed by atoms with Gasteiger partial charge in [-0.05, 0) is 69.8 Å². The maximum atomic E-state index is 12.0. The summed E-state index contributed by atoms with van der Waals surface area (Å²) in [7, 11) is 0. The van der Waals surface area contributed by atoms with E-state index in [0.717, 1.165) is 19.3 Å². The summed E-state index contributed by atoms with van der Waals surface area (Å²) in [5.74, 6) is 0.543. The quantitative estimate of drug-likeness (QED) is 0.382. The predicted octanol–water partition coefficient (Wildman–Crippen LogP) is 4.18. The zero-order valence-electron chi connectivity index (χ0n) is 14.6. The highest BCUT2D eigenvalue weighted by molar-refractivity contribution is 5.91. The van der Waals surface area contributed by atoms with E-state index in [1.54, 1.807) is 0 Å².